The summed E-state index contributed by atoms with van der Waals surface area (Å²) in [7, 11) is 0. The molecule has 2 aromatic carbocycles. The number of ether oxygens (including phenoxy) is 2. The number of carbonyl (C=O) groups excluding carboxylic acids is 1. The Morgan fingerprint density at radius 3 is 2.27 bits per heavy atom. The summed E-state index contributed by atoms with van der Waals surface area (Å²) in [5.41, 5.74) is 3.58. The number of carboxylic acids is 1. The monoisotopic (exact) mass is 589 g/mol. The van der Waals surface area contributed by atoms with Crippen molar-refractivity contribution in [2.24, 2.45) is 0 Å². The predicted molar refractivity (Wildman–Crippen MR) is 150 cm³/mol. The van der Waals surface area contributed by atoms with Crippen LogP contribution in [0.3, 0.4) is 0 Å². The van der Waals surface area contributed by atoms with Gasteiger partial charge in [-0.3, -0.25) is 9.59 Å². The van der Waals surface area contributed by atoms with Crippen LogP contribution in [0.5, 0.6) is 0 Å². The first kappa shape index (κ1) is 30.0. The van der Waals surface area contributed by atoms with Gasteiger partial charge in [-0.1, -0.05) is 78.2 Å². The Hall–Kier alpha value is -2.95. The highest BCUT2D eigenvalue weighted by molar-refractivity contribution is 6.40. The fourth-order valence-electron chi connectivity index (χ4n) is 4.54. The molecule has 0 unspecified atom stereocenters. The second-order valence-corrected chi connectivity index (χ2v) is 10.5. The van der Waals surface area contributed by atoms with Gasteiger partial charge in [-0.15, -0.1) is 0 Å². The van der Waals surface area contributed by atoms with Crippen molar-refractivity contribution in [1.82, 2.24) is 14.9 Å². The van der Waals surface area contributed by atoms with Gasteiger partial charge in [0.15, 0.2) is 11.4 Å². The number of rotatable bonds is 13. The lowest BCUT2D eigenvalue weighted by Crippen LogP contribution is -2.32. The van der Waals surface area contributed by atoms with E-state index in [1.54, 1.807) is 10.9 Å². The number of aromatic nitrogens is 2. The minimum atomic E-state index is -0.813. The van der Waals surface area contributed by atoms with Gasteiger partial charge in [0.1, 0.15) is 5.15 Å². The Morgan fingerprint density at radius 1 is 0.950 bits per heavy atom. The molecule has 214 valence electrons. The molecule has 1 saturated heterocycles. The molecule has 3 aromatic rings. The lowest BCUT2D eigenvalue weighted by atomic mass is 10.00. The van der Waals surface area contributed by atoms with Crippen LogP contribution in [0, 0.1) is 0 Å². The summed E-state index contributed by atoms with van der Waals surface area (Å²) in [5, 5.41) is 21.6. The predicted octanol–water partition coefficient (Wildman–Crippen LogP) is 5.58. The average molecular weight is 591 g/mol. The molecule has 1 aliphatic heterocycles. The summed E-state index contributed by atoms with van der Waals surface area (Å²) in [4.78, 5) is 26.8. The van der Waals surface area contributed by atoms with Crippen molar-refractivity contribution in [3.05, 3.63) is 87.4 Å². The molecule has 0 aliphatic carbocycles. The molecule has 1 fully saturated rings. The average Bonchev–Trinajstić information content (AvgIpc) is 3.28. The van der Waals surface area contributed by atoms with E-state index >= 15 is 0 Å². The fourth-order valence-corrected chi connectivity index (χ4v) is 4.86. The molecule has 0 radical (unpaired) electrons. The number of halogens is 2. The van der Waals surface area contributed by atoms with E-state index in [1.165, 1.54) is 0 Å². The van der Waals surface area contributed by atoms with Gasteiger partial charge in [0.25, 0.3) is 0 Å². The Kier molecular flexibility index (Phi) is 11.0. The number of aliphatic carboxylic acids is 1. The normalized spacial score (nSPS) is 18.9. The van der Waals surface area contributed by atoms with Gasteiger partial charge in [-0.05, 0) is 29.5 Å². The first-order chi connectivity index (χ1) is 19.3. The van der Waals surface area contributed by atoms with E-state index in [2.05, 4.69) is 10.3 Å². The molecule has 0 saturated carbocycles. The highest BCUT2D eigenvalue weighted by Crippen LogP contribution is 2.39. The third kappa shape index (κ3) is 8.52. The molecule has 2 heterocycles. The van der Waals surface area contributed by atoms with Crippen LogP contribution in [0.25, 0.3) is 0 Å². The number of hydrogen-bond acceptors (Lipinski definition) is 6. The third-order valence-corrected chi connectivity index (χ3v) is 7.55. The number of aliphatic hydroxyl groups is 1. The number of amides is 1. The number of unbranched alkanes of at least 4 members (excludes halogenated alkanes) is 2. The van der Waals surface area contributed by atoms with Crippen LogP contribution in [0.4, 0.5) is 0 Å². The Morgan fingerprint density at radius 2 is 1.62 bits per heavy atom. The van der Waals surface area contributed by atoms with Crippen LogP contribution in [0.2, 0.25) is 10.3 Å². The summed E-state index contributed by atoms with van der Waals surface area (Å²) in [6.45, 7) is 0.812. The van der Waals surface area contributed by atoms with Crippen molar-refractivity contribution < 1.29 is 29.3 Å². The van der Waals surface area contributed by atoms with Crippen molar-refractivity contribution in [2.45, 2.75) is 76.7 Å². The van der Waals surface area contributed by atoms with Crippen LogP contribution in [0.1, 0.15) is 73.2 Å². The smallest absolute Gasteiger partial charge is 0.303 e. The largest absolute Gasteiger partial charge is 0.481 e. The number of aliphatic hydroxyl groups excluding tert-OH is 1. The van der Waals surface area contributed by atoms with Crippen molar-refractivity contribution in [1.29, 1.82) is 0 Å². The summed E-state index contributed by atoms with van der Waals surface area (Å²) in [6.07, 6.45) is 3.51. The van der Waals surface area contributed by atoms with E-state index in [4.69, 9.17) is 37.8 Å². The first-order valence-corrected chi connectivity index (χ1v) is 14.0. The summed E-state index contributed by atoms with van der Waals surface area (Å²) < 4.78 is 14.5. The molecule has 11 heteroatoms. The molecule has 9 nitrogen and oxygen atoms in total. The molecular weight excluding hydrogens is 557 g/mol. The number of carboxylic acid groups (broad SMARTS) is 1. The summed E-state index contributed by atoms with van der Waals surface area (Å²) >= 11 is 12.3. The van der Waals surface area contributed by atoms with E-state index in [9.17, 15) is 14.7 Å². The number of benzene rings is 2. The maximum absolute atomic E-state index is 12.1. The zero-order chi connectivity index (χ0) is 28.5. The topological polar surface area (TPSA) is 123 Å². The molecular formula is C29H33Cl2N3O6. The standard InChI is InChI=1S/C29H33Cl2N3O6/c30-27-28(31)34(18-33-27)16-23-14-24(21-10-8-20(17-35)9-11-21)40-29(39-23)22-12-6-19(7-13-22)15-32-25(36)4-2-1-3-5-26(37)38/h6-13,18,23-24,29,35H,1-5,14-17H2,(H,32,36)(H,37,38)/t23-,24+,29+/m1/s1. The van der Waals surface area contributed by atoms with E-state index in [-0.39, 0.29) is 36.3 Å². The SMILES string of the molecule is O=C(O)CCCCCC(=O)NCc1ccc([C@H]2O[C@@H](Cn3cnc(Cl)c3Cl)C[C@@H](c3ccc(CO)cc3)O2)cc1. The maximum Gasteiger partial charge on any atom is 0.303 e. The Balaban J connectivity index is 1.38. The van der Waals surface area contributed by atoms with Crippen molar-refractivity contribution in [2.75, 3.05) is 0 Å². The highest BCUT2D eigenvalue weighted by Gasteiger charge is 2.32. The zero-order valence-electron chi connectivity index (χ0n) is 22.0. The van der Waals surface area contributed by atoms with Gasteiger partial charge in [0.2, 0.25) is 5.91 Å². The van der Waals surface area contributed by atoms with Gasteiger partial charge in [0, 0.05) is 31.4 Å². The summed E-state index contributed by atoms with van der Waals surface area (Å²) in [6, 6.07) is 15.4. The third-order valence-electron chi connectivity index (χ3n) is 6.78. The minimum absolute atomic E-state index is 0.0281. The van der Waals surface area contributed by atoms with Crippen molar-refractivity contribution in [3.8, 4) is 0 Å². The molecule has 0 spiro atoms. The lowest BCUT2D eigenvalue weighted by molar-refractivity contribution is -0.252. The van der Waals surface area contributed by atoms with Gasteiger partial charge in [-0.25, -0.2) is 4.98 Å². The number of hydrogen-bond donors (Lipinski definition) is 3. The van der Waals surface area contributed by atoms with Crippen molar-refractivity contribution in [3.63, 3.8) is 0 Å². The lowest BCUT2D eigenvalue weighted by Gasteiger charge is -2.36. The van der Waals surface area contributed by atoms with Gasteiger partial charge in [-0.2, -0.15) is 0 Å². The van der Waals surface area contributed by atoms with Crippen molar-refractivity contribution >= 4 is 35.1 Å². The van der Waals surface area contributed by atoms with Crippen LogP contribution in [0.15, 0.2) is 54.9 Å². The van der Waals surface area contributed by atoms with E-state index in [1.807, 2.05) is 48.5 Å². The first-order valence-electron chi connectivity index (χ1n) is 13.3. The number of carbonyl (C=O) groups is 2. The molecule has 4 rings (SSSR count). The molecule has 1 aliphatic rings. The quantitative estimate of drug-likeness (QED) is 0.222. The molecule has 3 atom stereocenters. The van der Waals surface area contributed by atoms with E-state index < -0.39 is 12.3 Å². The fraction of sp³-hybridized carbons (Fsp3) is 0.414. The number of nitrogens with zero attached hydrogens (tertiary/aromatic N) is 2. The number of nitrogens with one attached hydrogen (secondary N) is 1. The van der Waals surface area contributed by atoms with Crippen LogP contribution in [-0.4, -0.2) is 37.7 Å². The molecule has 3 N–H and O–H groups in total. The summed E-state index contributed by atoms with van der Waals surface area (Å²) in [5.74, 6) is -0.873. The Bertz CT molecular complexity index is 1270. The van der Waals surface area contributed by atoms with E-state index in [0.29, 0.717) is 50.3 Å². The van der Waals surface area contributed by atoms with Gasteiger partial charge >= 0.3 is 5.97 Å². The van der Waals surface area contributed by atoms with Gasteiger partial charge in [0.05, 0.1) is 31.7 Å². The second-order valence-electron chi connectivity index (χ2n) is 9.80. The molecule has 40 heavy (non-hydrogen) atoms. The van der Waals surface area contributed by atoms with E-state index in [0.717, 1.165) is 22.3 Å². The molecule has 1 aromatic heterocycles. The van der Waals surface area contributed by atoms with Crippen LogP contribution in [-0.2, 0) is 38.8 Å². The maximum atomic E-state index is 12.1. The number of imidazole rings is 1. The highest BCUT2D eigenvalue weighted by atomic mass is 35.5. The Labute approximate surface area is 243 Å². The van der Waals surface area contributed by atoms with Crippen LogP contribution < -0.4 is 5.32 Å². The second kappa shape index (κ2) is 14.6. The zero-order valence-corrected chi connectivity index (χ0v) is 23.5. The van der Waals surface area contributed by atoms with Gasteiger partial charge < -0.3 is 29.6 Å². The van der Waals surface area contributed by atoms with Crippen LogP contribution >= 0.6 is 23.2 Å². The molecule has 1 amide bonds. The molecule has 0 bridgehead atoms. The minimum Gasteiger partial charge on any atom is -0.481 e.